The van der Waals surface area contributed by atoms with E-state index in [1.165, 1.54) is 22.4 Å². The minimum atomic E-state index is -1.83. The lowest BCUT2D eigenvalue weighted by Crippen LogP contribution is -2.34. The second-order valence-corrected chi connectivity index (χ2v) is 19.0. The molecular weight excluding hydrogens is 431 g/mol. The molecule has 1 heterocycles. The van der Waals surface area contributed by atoms with Crippen LogP contribution in [0.25, 0.3) is 0 Å². The van der Waals surface area contributed by atoms with Gasteiger partial charge in [0.1, 0.15) is 0 Å². The summed E-state index contributed by atoms with van der Waals surface area (Å²) in [6.07, 6.45) is 0. The minimum Gasteiger partial charge on any atom is -0.365 e. The van der Waals surface area contributed by atoms with Crippen molar-refractivity contribution in [3.63, 3.8) is 0 Å². The number of benzene rings is 1. The van der Waals surface area contributed by atoms with E-state index in [4.69, 9.17) is 4.74 Å². The zero-order valence-corrected chi connectivity index (χ0v) is 26.5. The molecular formula is C31H55N2P. The lowest BCUT2D eigenvalue weighted by molar-refractivity contribution is 0.250. The Hall–Kier alpha value is -1.01. The van der Waals surface area contributed by atoms with Gasteiger partial charge in [0.25, 0.3) is 0 Å². The van der Waals surface area contributed by atoms with E-state index in [1.54, 1.807) is 10.8 Å². The Morgan fingerprint density at radius 3 is 1.32 bits per heavy atom. The van der Waals surface area contributed by atoms with Crippen molar-refractivity contribution in [3.8, 4) is 0 Å². The Bertz CT molecular complexity index is 966. The van der Waals surface area contributed by atoms with Crippen molar-refractivity contribution >= 4 is 12.7 Å². The van der Waals surface area contributed by atoms with Gasteiger partial charge < -0.3 is 4.90 Å². The van der Waals surface area contributed by atoms with Crippen LogP contribution in [0, 0.1) is 0 Å². The van der Waals surface area contributed by atoms with Gasteiger partial charge in [-0.1, -0.05) is 95.2 Å². The molecule has 1 aromatic rings. The summed E-state index contributed by atoms with van der Waals surface area (Å²) in [6, 6.07) is 5.87. The number of hydrogen-bond acceptors (Lipinski definition) is 2. The van der Waals surface area contributed by atoms with Crippen molar-refractivity contribution in [1.82, 2.24) is 4.90 Å². The standard InChI is InChI=1S/C31H55N2P/c1-20(2)33(21(3)4)27-22(5)34(27,31(15,16)17)32-26-24(29(9,10)11)18-23(28(6,7)8)19-25(26)30(12,13)14/h18-21H,1-17H3/t34-/m1/s1. The lowest BCUT2D eigenvalue weighted by Gasteiger charge is -2.37. The van der Waals surface area contributed by atoms with Crippen LogP contribution < -0.4 is 0 Å². The molecule has 0 unspecified atom stereocenters. The predicted octanol–water partition coefficient (Wildman–Crippen LogP) is 10.5. The molecule has 0 fully saturated rings. The third kappa shape index (κ3) is 5.23. The minimum absolute atomic E-state index is 0.0157. The number of nitrogens with zero attached hydrogens (tertiary/aromatic N) is 2. The molecule has 0 saturated carbocycles. The molecule has 0 bridgehead atoms. The van der Waals surface area contributed by atoms with Gasteiger partial charge in [-0.2, -0.15) is 0 Å². The van der Waals surface area contributed by atoms with E-state index >= 15 is 0 Å². The highest BCUT2D eigenvalue weighted by atomic mass is 31.2. The summed E-state index contributed by atoms with van der Waals surface area (Å²) in [7, 11) is -1.83. The molecule has 2 nitrogen and oxygen atoms in total. The van der Waals surface area contributed by atoms with Crippen LogP contribution in [0.2, 0.25) is 0 Å². The van der Waals surface area contributed by atoms with Gasteiger partial charge in [-0.25, -0.2) is 0 Å². The lowest BCUT2D eigenvalue weighted by atomic mass is 9.74. The summed E-state index contributed by atoms with van der Waals surface area (Å²) in [5.74, 6) is 0. The molecule has 0 spiro atoms. The average Bonchev–Trinajstić information content (AvgIpc) is 3.15. The molecule has 1 atom stereocenters. The molecule has 0 radical (unpaired) electrons. The number of allylic oxidation sites excluding steroid dienone is 1. The van der Waals surface area contributed by atoms with Gasteiger partial charge in [0, 0.05) is 17.2 Å². The average molecular weight is 487 g/mol. The van der Waals surface area contributed by atoms with Crippen LogP contribution in [0.4, 0.5) is 5.69 Å². The molecule has 1 aliphatic heterocycles. The second kappa shape index (κ2) is 8.83. The van der Waals surface area contributed by atoms with Crippen molar-refractivity contribution in [3.05, 3.63) is 39.6 Å². The van der Waals surface area contributed by atoms with Gasteiger partial charge in [-0.05, 0) is 72.9 Å². The first-order valence-electron chi connectivity index (χ1n) is 13.3. The molecule has 2 rings (SSSR count). The Morgan fingerprint density at radius 2 is 1.06 bits per heavy atom. The molecule has 0 amide bonds. The Labute approximate surface area is 213 Å². The quantitative estimate of drug-likeness (QED) is 0.386. The highest BCUT2D eigenvalue weighted by Gasteiger charge is 2.55. The van der Waals surface area contributed by atoms with E-state index in [0.717, 1.165) is 0 Å². The maximum absolute atomic E-state index is 5.97. The van der Waals surface area contributed by atoms with Crippen LogP contribution in [-0.2, 0) is 16.2 Å². The molecule has 34 heavy (non-hydrogen) atoms. The predicted molar refractivity (Wildman–Crippen MR) is 156 cm³/mol. The van der Waals surface area contributed by atoms with E-state index in [1.807, 2.05) is 0 Å². The first kappa shape index (κ1) is 29.2. The highest BCUT2D eigenvalue weighted by molar-refractivity contribution is 7.83. The third-order valence-electron chi connectivity index (χ3n) is 7.24. The van der Waals surface area contributed by atoms with Gasteiger partial charge in [-0.15, -0.1) is 0 Å². The Morgan fingerprint density at radius 1 is 0.676 bits per heavy atom. The molecule has 194 valence electrons. The van der Waals surface area contributed by atoms with E-state index in [0.29, 0.717) is 12.1 Å². The van der Waals surface area contributed by atoms with Gasteiger partial charge >= 0.3 is 0 Å². The monoisotopic (exact) mass is 486 g/mol. The summed E-state index contributed by atoms with van der Waals surface area (Å²) in [5, 5.41) is 1.64. The fourth-order valence-corrected chi connectivity index (χ4v) is 9.89. The number of rotatable bonds is 4. The van der Waals surface area contributed by atoms with Crippen molar-refractivity contribution < 1.29 is 0 Å². The molecule has 0 aromatic heterocycles. The first-order chi connectivity index (χ1) is 15.0. The maximum atomic E-state index is 5.97. The molecule has 1 aromatic carbocycles. The highest BCUT2D eigenvalue weighted by Crippen LogP contribution is 2.87. The number of hydrogen-bond donors (Lipinski definition) is 0. The van der Waals surface area contributed by atoms with Crippen molar-refractivity contribution in [2.45, 2.75) is 151 Å². The summed E-state index contributed by atoms with van der Waals surface area (Å²) in [4.78, 5) is 2.65. The zero-order valence-electron chi connectivity index (χ0n) is 25.7. The van der Waals surface area contributed by atoms with Crippen molar-refractivity contribution in [1.29, 1.82) is 0 Å². The van der Waals surface area contributed by atoms with Gasteiger partial charge in [0.05, 0.1) is 18.2 Å². The van der Waals surface area contributed by atoms with Crippen LogP contribution in [0.3, 0.4) is 0 Å². The first-order valence-corrected chi connectivity index (χ1v) is 15.0. The fraction of sp³-hybridized carbons (Fsp3) is 0.742. The van der Waals surface area contributed by atoms with Crippen LogP contribution in [0.15, 0.2) is 27.6 Å². The van der Waals surface area contributed by atoms with E-state index in [2.05, 4.69) is 135 Å². The fourth-order valence-electron chi connectivity index (χ4n) is 5.33. The molecule has 1 aliphatic rings. The summed E-state index contributed by atoms with van der Waals surface area (Å²) < 4.78 is 5.97. The van der Waals surface area contributed by atoms with Crippen LogP contribution >= 0.6 is 7.05 Å². The normalized spacial score (nSPS) is 19.9. The maximum Gasteiger partial charge on any atom is 0.0696 e. The Balaban J connectivity index is 3.05. The van der Waals surface area contributed by atoms with Gasteiger partial charge in [-0.3, -0.25) is 4.74 Å². The molecule has 3 heteroatoms. The van der Waals surface area contributed by atoms with Crippen molar-refractivity contribution in [2.75, 3.05) is 0 Å². The Kier molecular flexibility index (Phi) is 7.59. The van der Waals surface area contributed by atoms with Crippen molar-refractivity contribution in [2.24, 2.45) is 4.74 Å². The van der Waals surface area contributed by atoms with Gasteiger partial charge in [0.2, 0.25) is 0 Å². The van der Waals surface area contributed by atoms with Crippen LogP contribution in [-0.4, -0.2) is 22.1 Å². The topological polar surface area (TPSA) is 15.6 Å². The van der Waals surface area contributed by atoms with Crippen LogP contribution in [0.5, 0.6) is 0 Å². The van der Waals surface area contributed by atoms with E-state index in [9.17, 15) is 0 Å². The van der Waals surface area contributed by atoms with Crippen LogP contribution in [0.1, 0.15) is 134 Å². The summed E-state index contributed by atoms with van der Waals surface area (Å²) in [6.45, 7) is 40.0. The van der Waals surface area contributed by atoms with E-state index in [-0.39, 0.29) is 21.4 Å². The molecule has 0 aliphatic carbocycles. The SMILES string of the molecule is CC1=C(N(C(C)C)C(C)C)[P@@]1(=Nc1c(C(C)(C)C)cc(C(C)(C)C)cc1C(C)(C)C)C(C)(C)C. The van der Waals surface area contributed by atoms with Gasteiger partial charge in [0.15, 0.2) is 0 Å². The summed E-state index contributed by atoms with van der Waals surface area (Å²) in [5.41, 5.74) is 7.14. The largest absolute Gasteiger partial charge is 0.365 e. The summed E-state index contributed by atoms with van der Waals surface area (Å²) >= 11 is 0. The zero-order chi connectivity index (χ0) is 26.8. The van der Waals surface area contributed by atoms with E-state index < -0.39 is 7.05 Å². The molecule has 0 saturated heterocycles. The second-order valence-electron chi connectivity index (χ2n) is 15.1. The molecule has 0 N–H and O–H groups in total. The third-order valence-corrected chi connectivity index (χ3v) is 11.8. The smallest absolute Gasteiger partial charge is 0.0696 e.